The second-order valence-electron chi connectivity index (χ2n) is 3.08. The van der Waals surface area contributed by atoms with Gasteiger partial charge in [0.15, 0.2) is 0 Å². The van der Waals surface area contributed by atoms with Crippen LogP contribution >= 0.6 is 12.4 Å². The van der Waals surface area contributed by atoms with Crippen LogP contribution in [0.4, 0.5) is 13.2 Å². The largest absolute Gasteiger partial charge is 0.416 e. The Balaban J connectivity index is 0.00000256. The van der Waals surface area contributed by atoms with Gasteiger partial charge in [-0.2, -0.15) is 13.2 Å². The summed E-state index contributed by atoms with van der Waals surface area (Å²) in [6, 6.07) is 3.82. The van der Waals surface area contributed by atoms with Gasteiger partial charge in [-0.25, -0.2) is 0 Å². The molecule has 1 aromatic rings. The van der Waals surface area contributed by atoms with Crippen LogP contribution in [0.1, 0.15) is 17.2 Å². The molecule has 0 saturated heterocycles. The number of benzene rings is 1. The van der Waals surface area contributed by atoms with E-state index in [4.69, 9.17) is 11.3 Å². The Morgan fingerprint density at radius 3 is 2.53 bits per heavy atom. The molecule has 0 aliphatic carbocycles. The maximum absolute atomic E-state index is 12.4. The molecule has 0 radical (unpaired) electrons. The standard InChI is InChI=1S/C9H9F3N4.ClH/c10-9(11,12)7-3-1-2-6(4-7)8(5-13)15-16-14;/h1-4,8H,5,13H2;1H/t8-;/m1./s1. The summed E-state index contributed by atoms with van der Waals surface area (Å²) in [6.45, 7) is -0.0363. The Kier molecular flexibility index (Phi) is 5.81. The zero-order valence-corrected chi connectivity index (χ0v) is 9.37. The quantitative estimate of drug-likeness (QED) is 0.508. The zero-order valence-electron chi connectivity index (χ0n) is 8.55. The van der Waals surface area contributed by atoms with Gasteiger partial charge >= 0.3 is 6.18 Å². The molecule has 0 fully saturated rings. The fourth-order valence-electron chi connectivity index (χ4n) is 1.23. The number of hydrogen-bond donors (Lipinski definition) is 1. The number of nitrogens with two attached hydrogens (primary N) is 1. The number of alkyl halides is 3. The molecule has 8 heteroatoms. The van der Waals surface area contributed by atoms with Gasteiger partial charge in [-0.05, 0) is 17.2 Å². The highest BCUT2D eigenvalue weighted by molar-refractivity contribution is 5.85. The zero-order chi connectivity index (χ0) is 12.2. The van der Waals surface area contributed by atoms with Crippen LogP contribution < -0.4 is 5.73 Å². The van der Waals surface area contributed by atoms with Gasteiger partial charge in [0.2, 0.25) is 0 Å². The lowest BCUT2D eigenvalue weighted by Gasteiger charge is -2.12. The van der Waals surface area contributed by atoms with E-state index in [0.29, 0.717) is 0 Å². The first kappa shape index (κ1) is 15.6. The summed E-state index contributed by atoms with van der Waals surface area (Å²) in [5.74, 6) is 0. The van der Waals surface area contributed by atoms with Gasteiger partial charge in [-0.1, -0.05) is 23.3 Å². The average Bonchev–Trinajstić information content (AvgIpc) is 2.25. The van der Waals surface area contributed by atoms with Gasteiger partial charge < -0.3 is 5.73 Å². The van der Waals surface area contributed by atoms with Crippen LogP contribution in [0.2, 0.25) is 0 Å². The molecule has 0 unspecified atom stereocenters. The van der Waals surface area contributed by atoms with Crippen LogP contribution in [0.3, 0.4) is 0 Å². The van der Waals surface area contributed by atoms with E-state index in [2.05, 4.69) is 10.0 Å². The Bertz CT molecular complexity index is 415. The summed E-state index contributed by atoms with van der Waals surface area (Å²) in [5, 5.41) is 3.32. The van der Waals surface area contributed by atoms with Crippen molar-refractivity contribution < 1.29 is 13.2 Å². The minimum Gasteiger partial charge on any atom is -0.330 e. The maximum atomic E-state index is 12.4. The third kappa shape index (κ3) is 4.14. The summed E-state index contributed by atoms with van der Waals surface area (Å²) in [4.78, 5) is 2.54. The molecule has 0 aromatic heterocycles. The predicted molar refractivity (Wildman–Crippen MR) is 59.6 cm³/mol. The van der Waals surface area contributed by atoms with Crippen molar-refractivity contribution >= 4 is 12.4 Å². The molecule has 0 amide bonds. The molecule has 0 bridgehead atoms. The summed E-state index contributed by atoms with van der Waals surface area (Å²) < 4.78 is 37.2. The first-order chi connectivity index (χ1) is 7.49. The summed E-state index contributed by atoms with van der Waals surface area (Å²) in [6.07, 6.45) is -4.41. The van der Waals surface area contributed by atoms with Crippen LogP contribution in [-0.4, -0.2) is 6.54 Å². The van der Waals surface area contributed by atoms with Gasteiger partial charge in [0.1, 0.15) is 0 Å². The first-order valence-electron chi connectivity index (χ1n) is 4.40. The van der Waals surface area contributed by atoms with Crippen molar-refractivity contribution in [3.8, 4) is 0 Å². The molecular weight excluding hydrogens is 257 g/mol. The van der Waals surface area contributed by atoms with E-state index >= 15 is 0 Å². The molecule has 0 aliphatic heterocycles. The van der Waals surface area contributed by atoms with E-state index in [1.54, 1.807) is 0 Å². The number of hydrogen-bond acceptors (Lipinski definition) is 2. The number of rotatable bonds is 3. The second-order valence-corrected chi connectivity index (χ2v) is 3.08. The third-order valence-electron chi connectivity index (χ3n) is 2.01. The van der Waals surface area contributed by atoms with Crippen molar-refractivity contribution in [3.63, 3.8) is 0 Å². The van der Waals surface area contributed by atoms with E-state index in [1.807, 2.05) is 0 Å². The van der Waals surface area contributed by atoms with Crippen LogP contribution in [0, 0.1) is 0 Å². The molecule has 17 heavy (non-hydrogen) atoms. The SMILES string of the molecule is Cl.[N-]=[N+]=N[C@H](CN)c1cccc(C(F)(F)F)c1. The summed E-state index contributed by atoms with van der Waals surface area (Å²) >= 11 is 0. The average molecular weight is 267 g/mol. The Morgan fingerprint density at radius 2 is 2.06 bits per heavy atom. The summed E-state index contributed by atoms with van der Waals surface area (Å²) in [5.41, 5.74) is 13.0. The van der Waals surface area contributed by atoms with E-state index in [9.17, 15) is 13.2 Å². The van der Waals surface area contributed by atoms with Gasteiger partial charge in [0, 0.05) is 11.5 Å². The molecule has 94 valence electrons. The fourth-order valence-corrected chi connectivity index (χ4v) is 1.23. The van der Waals surface area contributed by atoms with Crippen molar-refractivity contribution in [2.45, 2.75) is 12.2 Å². The first-order valence-corrected chi connectivity index (χ1v) is 4.40. The predicted octanol–water partition coefficient (Wildman–Crippen LogP) is 3.44. The molecule has 0 spiro atoms. The molecule has 1 aromatic carbocycles. The lowest BCUT2D eigenvalue weighted by atomic mass is 10.0. The topological polar surface area (TPSA) is 74.8 Å². The van der Waals surface area contributed by atoms with Gasteiger partial charge in [-0.15, -0.1) is 12.4 Å². The number of azide groups is 1. The van der Waals surface area contributed by atoms with Gasteiger partial charge in [0.25, 0.3) is 0 Å². The lowest BCUT2D eigenvalue weighted by Crippen LogP contribution is -2.11. The second kappa shape index (κ2) is 6.34. The number of nitrogens with zero attached hydrogens (tertiary/aromatic N) is 3. The Labute approximate surface area is 102 Å². The van der Waals surface area contributed by atoms with Crippen LogP contribution in [0.5, 0.6) is 0 Å². The van der Waals surface area contributed by atoms with Crippen molar-refractivity contribution in [1.29, 1.82) is 0 Å². The van der Waals surface area contributed by atoms with E-state index < -0.39 is 17.8 Å². The molecule has 1 rings (SSSR count). The van der Waals surface area contributed by atoms with Crippen LogP contribution in [0.15, 0.2) is 29.4 Å². The minimum absolute atomic E-state index is 0. The van der Waals surface area contributed by atoms with Gasteiger partial charge in [0.05, 0.1) is 11.6 Å². The maximum Gasteiger partial charge on any atom is 0.416 e. The molecule has 2 N–H and O–H groups in total. The Hall–Kier alpha value is -1.43. The summed E-state index contributed by atoms with van der Waals surface area (Å²) in [7, 11) is 0. The Morgan fingerprint density at radius 1 is 1.41 bits per heavy atom. The minimum atomic E-state index is -4.41. The molecular formula is C9H10ClF3N4. The molecule has 4 nitrogen and oxygen atoms in total. The van der Waals surface area contributed by atoms with E-state index in [-0.39, 0.29) is 24.5 Å². The lowest BCUT2D eigenvalue weighted by molar-refractivity contribution is -0.137. The molecule has 1 atom stereocenters. The van der Waals surface area contributed by atoms with E-state index in [1.165, 1.54) is 12.1 Å². The molecule has 0 saturated carbocycles. The molecule has 0 heterocycles. The van der Waals surface area contributed by atoms with Crippen molar-refractivity contribution in [2.24, 2.45) is 10.8 Å². The van der Waals surface area contributed by atoms with E-state index in [0.717, 1.165) is 12.1 Å². The highest BCUT2D eigenvalue weighted by Gasteiger charge is 2.30. The monoisotopic (exact) mass is 266 g/mol. The normalized spacial score (nSPS) is 12.2. The molecule has 0 aliphatic rings. The smallest absolute Gasteiger partial charge is 0.330 e. The van der Waals surface area contributed by atoms with Crippen LogP contribution in [0.25, 0.3) is 10.4 Å². The third-order valence-corrected chi connectivity index (χ3v) is 2.01. The van der Waals surface area contributed by atoms with Crippen molar-refractivity contribution in [2.75, 3.05) is 6.54 Å². The van der Waals surface area contributed by atoms with Gasteiger partial charge in [-0.3, -0.25) is 0 Å². The van der Waals surface area contributed by atoms with Crippen molar-refractivity contribution in [3.05, 3.63) is 45.8 Å². The van der Waals surface area contributed by atoms with Crippen LogP contribution in [-0.2, 0) is 6.18 Å². The fraction of sp³-hybridized carbons (Fsp3) is 0.333. The number of halogens is 4. The van der Waals surface area contributed by atoms with Crippen molar-refractivity contribution in [1.82, 2.24) is 0 Å². The highest BCUT2D eigenvalue weighted by Crippen LogP contribution is 2.31. The highest BCUT2D eigenvalue weighted by atomic mass is 35.5.